The number of nitrogens with zero attached hydrogens (tertiary/aromatic N) is 2. The van der Waals surface area contributed by atoms with Crippen LogP contribution in [-0.4, -0.2) is 35.5 Å². The van der Waals surface area contributed by atoms with Crippen LogP contribution in [-0.2, 0) is 15.1 Å². The molecule has 0 atom stereocenters. The van der Waals surface area contributed by atoms with Crippen LogP contribution in [0, 0.1) is 0 Å². The summed E-state index contributed by atoms with van der Waals surface area (Å²) in [6.07, 6.45) is 8.17. The van der Waals surface area contributed by atoms with Gasteiger partial charge in [-0.3, -0.25) is 9.78 Å². The third-order valence-electron chi connectivity index (χ3n) is 4.28. The van der Waals surface area contributed by atoms with Crippen LogP contribution in [0.25, 0.3) is 0 Å². The molecule has 1 aliphatic rings. The lowest BCUT2D eigenvalue weighted by molar-refractivity contribution is -0.166. The van der Waals surface area contributed by atoms with Gasteiger partial charge in [0.25, 0.3) is 0 Å². The van der Waals surface area contributed by atoms with Gasteiger partial charge in [0.05, 0.1) is 0 Å². The van der Waals surface area contributed by atoms with E-state index in [0.29, 0.717) is 6.42 Å². The minimum atomic E-state index is -0.482. The minimum absolute atomic E-state index is 0.124. The van der Waals surface area contributed by atoms with Gasteiger partial charge >= 0.3 is 5.97 Å². The molecule has 1 aromatic heterocycles. The fourth-order valence-electron chi connectivity index (χ4n) is 2.89. The van der Waals surface area contributed by atoms with E-state index in [4.69, 9.17) is 4.74 Å². The summed E-state index contributed by atoms with van der Waals surface area (Å²) >= 11 is 0. The molecule has 0 radical (unpaired) electrons. The molecule has 4 nitrogen and oxygen atoms in total. The van der Waals surface area contributed by atoms with E-state index in [9.17, 15) is 4.79 Å². The number of piperidine rings is 1. The zero-order valence-electron chi connectivity index (χ0n) is 13.2. The lowest BCUT2D eigenvalue weighted by Gasteiger charge is -2.41. The molecular weight excluding hydrogens is 264 g/mol. The summed E-state index contributed by atoms with van der Waals surface area (Å²) in [5, 5.41) is 0. The Balaban J connectivity index is 2.10. The molecule has 116 valence electrons. The smallest absolute Gasteiger partial charge is 0.306 e. The monoisotopic (exact) mass is 290 g/mol. The molecule has 1 aliphatic heterocycles. The summed E-state index contributed by atoms with van der Waals surface area (Å²) in [5.41, 5.74) is 0.548. The third kappa shape index (κ3) is 4.03. The molecule has 1 fully saturated rings. The van der Waals surface area contributed by atoms with Crippen molar-refractivity contribution < 1.29 is 9.53 Å². The Bertz CT molecular complexity index is 439. The maximum Gasteiger partial charge on any atom is 0.306 e. The average molecular weight is 290 g/mol. The Hall–Kier alpha value is -1.42. The Morgan fingerprint density at radius 2 is 2.14 bits per heavy atom. The number of aromatic nitrogens is 1. The molecule has 0 bridgehead atoms. The summed E-state index contributed by atoms with van der Waals surface area (Å²) in [6, 6.07) is 3.94. The molecule has 0 unspecified atom stereocenters. The van der Waals surface area contributed by atoms with Crippen LogP contribution in [0.5, 0.6) is 0 Å². The first-order chi connectivity index (χ1) is 10.2. The standard InChI is InChI=1S/C17H26N2O2/c1-3-5-11-19-12-8-17(9-13-19,21-16(20)4-2)15-7-6-10-18-14-15/h6-7,10,14H,3-5,8-9,11-13H2,1-2H3. The second-order valence-corrected chi connectivity index (χ2v) is 5.76. The van der Waals surface area contributed by atoms with Crippen LogP contribution in [0.3, 0.4) is 0 Å². The van der Waals surface area contributed by atoms with Gasteiger partial charge in [-0.25, -0.2) is 0 Å². The maximum absolute atomic E-state index is 11.9. The van der Waals surface area contributed by atoms with Gasteiger partial charge in [0, 0.05) is 50.3 Å². The third-order valence-corrected chi connectivity index (χ3v) is 4.28. The van der Waals surface area contributed by atoms with Crippen molar-refractivity contribution >= 4 is 5.97 Å². The van der Waals surface area contributed by atoms with Crippen molar-refractivity contribution in [3.8, 4) is 0 Å². The highest BCUT2D eigenvalue weighted by Gasteiger charge is 2.39. The highest BCUT2D eigenvalue weighted by atomic mass is 16.6. The zero-order chi connectivity index (χ0) is 15.1. The van der Waals surface area contributed by atoms with Gasteiger partial charge in [-0.15, -0.1) is 0 Å². The van der Waals surface area contributed by atoms with Gasteiger partial charge < -0.3 is 9.64 Å². The first kappa shape index (κ1) is 16.0. The highest BCUT2D eigenvalue weighted by Crippen LogP contribution is 2.36. The number of hydrogen-bond acceptors (Lipinski definition) is 4. The van der Waals surface area contributed by atoms with Gasteiger partial charge in [0.1, 0.15) is 5.60 Å². The average Bonchev–Trinajstić information content (AvgIpc) is 2.55. The summed E-state index contributed by atoms with van der Waals surface area (Å²) in [4.78, 5) is 18.5. The molecule has 21 heavy (non-hydrogen) atoms. The molecule has 2 rings (SSSR count). The first-order valence-corrected chi connectivity index (χ1v) is 8.05. The van der Waals surface area contributed by atoms with E-state index in [1.165, 1.54) is 12.8 Å². The molecule has 1 aromatic rings. The molecule has 4 heteroatoms. The highest BCUT2D eigenvalue weighted by molar-refractivity contribution is 5.69. The Kier molecular flexibility index (Phi) is 5.74. The van der Waals surface area contributed by atoms with Crippen molar-refractivity contribution in [2.75, 3.05) is 19.6 Å². The maximum atomic E-state index is 11.9. The molecule has 0 N–H and O–H groups in total. The lowest BCUT2D eigenvalue weighted by Crippen LogP contribution is -2.45. The van der Waals surface area contributed by atoms with E-state index >= 15 is 0 Å². The van der Waals surface area contributed by atoms with Crippen LogP contribution in [0.15, 0.2) is 24.5 Å². The van der Waals surface area contributed by atoms with Gasteiger partial charge in [-0.2, -0.15) is 0 Å². The van der Waals surface area contributed by atoms with E-state index in [1.807, 2.05) is 25.3 Å². The molecule has 0 spiro atoms. The molecule has 0 aliphatic carbocycles. The van der Waals surface area contributed by atoms with E-state index in [1.54, 1.807) is 6.20 Å². The Labute approximate surface area is 127 Å². The predicted octanol–water partition coefficient (Wildman–Crippen LogP) is 3.13. The van der Waals surface area contributed by atoms with Gasteiger partial charge in [0.15, 0.2) is 0 Å². The fraction of sp³-hybridized carbons (Fsp3) is 0.647. The van der Waals surface area contributed by atoms with E-state index in [0.717, 1.165) is 38.0 Å². The van der Waals surface area contributed by atoms with Crippen molar-refractivity contribution in [1.82, 2.24) is 9.88 Å². The molecule has 2 heterocycles. The lowest BCUT2D eigenvalue weighted by atomic mass is 9.84. The minimum Gasteiger partial charge on any atom is -0.454 e. The van der Waals surface area contributed by atoms with Crippen LogP contribution in [0.1, 0.15) is 51.5 Å². The predicted molar refractivity (Wildman–Crippen MR) is 82.9 cm³/mol. The van der Waals surface area contributed by atoms with E-state index < -0.39 is 5.60 Å². The first-order valence-electron chi connectivity index (χ1n) is 8.05. The van der Waals surface area contributed by atoms with Crippen LogP contribution in [0.4, 0.5) is 0 Å². The number of likely N-dealkylation sites (tertiary alicyclic amines) is 1. The second-order valence-electron chi connectivity index (χ2n) is 5.76. The summed E-state index contributed by atoms with van der Waals surface area (Å²) < 4.78 is 5.86. The number of carbonyl (C=O) groups is 1. The normalized spacial score (nSPS) is 18.4. The number of rotatable bonds is 6. The number of carbonyl (C=O) groups excluding carboxylic acids is 1. The largest absolute Gasteiger partial charge is 0.454 e. The fourth-order valence-corrected chi connectivity index (χ4v) is 2.89. The summed E-state index contributed by atoms with van der Waals surface area (Å²) in [5.74, 6) is -0.124. The van der Waals surface area contributed by atoms with Gasteiger partial charge in [-0.1, -0.05) is 26.3 Å². The van der Waals surface area contributed by atoms with Crippen molar-refractivity contribution in [1.29, 1.82) is 0 Å². The van der Waals surface area contributed by atoms with Crippen molar-refractivity contribution in [3.05, 3.63) is 30.1 Å². The number of ether oxygens (including phenoxy) is 1. The Morgan fingerprint density at radius 1 is 1.38 bits per heavy atom. The Morgan fingerprint density at radius 3 is 2.71 bits per heavy atom. The zero-order valence-corrected chi connectivity index (χ0v) is 13.2. The quantitative estimate of drug-likeness (QED) is 0.755. The number of pyridine rings is 1. The van der Waals surface area contributed by atoms with Gasteiger partial charge in [0.2, 0.25) is 0 Å². The molecule has 0 aromatic carbocycles. The topological polar surface area (TPSA) is 42.4 Å². The van der Waals surface area contributed by atoms with Crippen molar-refractivity contribution in [2.45, 2.75) is 51.6 Å². The van der Waals surface area contributed by atoms with Crippen LogP contribution < -0.4 is 0 Å². The molecule has 0 amide bonds. The molecule has 1 saturated heterocycles. The SMILES string of the molecule is CCCCN1CCC(OC(=O)CC)(c2cccnc2)CC1. The van der Waals surface area contributed by atoms with Crippen molar-refractivity contribution in [3.63, 3.8) is 0 Å². The van der Waals surface area contributed by atoms with Crippen molar-refractivity contribution in [2.24, 2.45) is 0 Å². The van der Waals surface area contributed by atoms with Crippen LogP contribution >= 0.6 is 0 Å². The summed E-state index contributed by atoms with van der Waals surface area (Å²) in [6.45, 7) is 7.15. The second kappa shape index (κ2) is 7.55. The number of esters is 1. The number of unbranched alkanes of at least 4 members (excludes halogenated alkanes) is 1. The van der Waals surface area contributed by atoms with Gasteiger partial charge in [-0.05, 0) is 19.0 Å². The number of hydrogen-bond donors (Lipinski definition) is 0. The van der Waals surface area contributed by atoms with E-state index in [-0.39, 0.29) is 5.97 Å². The molecule has 0 saturated carbocycles. The van der Waals surface area contributed by atoms with Crippen LogP contribution in [0.2, 0.25) is 0 Å². The molecular formula is C17H26N2O2. The van der Waals surface area contributed by atoms with E-state index in [2.05, 4.69) is 16.8 Å². The summed E-state index contributed by atoms with van der Waals surface area (Å²) in [7, 11) is 0.